The number of nitriles is 2. The zero-order valence-corrected chi connectivity index (χ0v) is 20.6. The van der Waals surface area contributed by atoms with Crippen LogP contribution in [0.15, 0.2) is 78.4 Å². The van der Waals surface area contributed by atoms with Crippen molar-refractivity contribution in [2.24, 2.45) is 0 Å². The second-order valence-corrected chi connectivity index (χ2v) is 8.33. The van der Waals surface area contributed by atoms with Crippen molar-refractivity contribution in [3.05, 3.63) is 94.6 Å². The van der Waals surface area contributed by atoms with Crippen molar-refractivity contribution in [3.8, 4) is 12.1 Å². The maximum Gasteiger partial charge on any atom is 0.199 e. The normalized spacial score (nSPS) is 12.3. The van der Waals surface area contributed by atoms with E-state index in [2.05, 4.69) is 90.1 Å². The summed E-state index contributed by atoms with van der Waals surface area (Å²) in [7, 11) is 0. The number of anilines is 1. The highest BCUT2D eigenvalue weighted by Gasteiger charge is 2.17. The van der Waals surface area contributed by atoms with E-state index >= 15 is 0 Å². The molecule has 2 aromatic carbocycles. The van der Waals surface area contributed by atoms with Gasteiger partial charge in [-0.1, -0.05) is 41.9 Å². The van der Waals surface area contributed by atoms with E-state index in [4.69, 9.17) is 22.1 Å². The van der Waals surface area contributed by atoms with Gasteiger partial charge in [-0.25, -0.2) is 4.58 Å². The smallest absolute Gasteiger partial charge is 0.199 e. The molecule has 5 heteroatoms. The second kappa shape index (κ2) is 12.6. The predicted octanol–water partition coefficient (Wildman–Crippen LogP) is 6.39. The molecule has 0 fully saturated rings. The second-order valence-electron chi connectivity index (χ2n) is 7.92. The summed E-state index contributed by atoms with van der Waals surface area (Å²) in [6, 6.07) is 20.9. The van der Waals surface area contributed by atoms with Gasteiger partial charge in [0.2, 0.25) is 0 Å². The minimum Gasteiger partial charge on any atom is -0.371 e. The number of hydrogen-bond acceptors (Lipinski definition) is 3. The molecular weight excluding hydrogens is 440 g/mol. The van der Waals surface area contributed by atoms with E-state index < -0.39 is 0 Å². The monoisotopic (exact) mass is 469 g/mol. The van der Waals surface area contributed by atoms with Gasteiger partial charge in [0.1, 0.15) is 6.54 Å². The van der Waals surface area contributed by atoms with Crippen LogP contribution in [0.2, 0.25) is 5.02 Å². The number of rotatable bonds is 9. The van der Waals surface area contributed by atoms with Crippen LogP contribution in [0.3, 0.4) is 0 Å². The van der Waals surface area contributed by atoms with Crippen LogP contribution in [-0.4, -0.2) is 36.5 Å². The van der Waals surface area contributed by atoms with Gasteiger partial charge in [0.05, 0.1) is 25.0 Å². The lowest BCUT2D eigenvalue weighted by atomic mass is 9.90. The van der Waals surface area contributed by atoms with Crippen LogP contribution in [0.4, 0.5) is 5.69 Å². The first-order valence-corrected chi connectivity index (χ1v) is 12.1. The Labute approximate surface area is 208 Å². The minimum absolute atomic E-state index is 0.502. The van der Waals surface area contributed by atoms with Crippen molar-refractivity contribution in [2.45, 2.75) is 26.7 Å². The van der Waals surface area contributed by atoms with E-state index in [9.17, 15) is 0 Å². The Morgan fingerprint density at radius 2 is 1.59 bits per heavy atom. The Morgan fingerprint density at radius 3 is 2.18 bits per heavy atom. The van der Waals surface area contributed by atoms with Gasteiger partial charge in [0.25, 0.3) is 0 Å². The van der Waals surface area contributed by atoms with Gasteiger partial charge in [0.15, 0.2) is 12.3 Å². The molecular formula is C29H30ClN4+. The third-order valence-electron chi connectivity index (χ3n) is 5.94. The molecule has 3 rings (SSSR count). The van der Waals surface area contributed by atoms with Gasteiger partial charge >= 0.3 is 0 Å². The molecule has 0 heterocycles. The fourth-order valence-corrected chi connectivity index (χ4v) is 4.36. The molecule has 0 radical (unpaired) electrons. The first-order valence-electron chi connectivity index (χ1n) is 11.7. The molecule has 0 spiro atoms. The molecule has 0 N–H and O–H groups in total. The maximum atomic E-state index is 8.95. The highest BCUT2D eigenvalue weighted by Crippen LogP contribution is 2.34. The summed E-state index contributed by atoms with van der Waals surface area (Å²) in [6.07, 6.45) is 9.48. The quantitative estimate of drug-likeness (QED) is 0.399. The lowest BCUT2D eigenvalue weighted by Gasteiger charge is -2.22. The largest absolute Gasteiger partial charge is 0.371 e. The number of nitrogens with zero attached hydrogens (tertiary/aromatic N) is 4. The van der Waals surface area contributed by atoms with E-state index in [1.54, 1.807) is 0 Å². The Balaban J connectivity index is 2.05. The van der Waals surface area contributed by atoms with Crippen LogP contribution in [0.25, 0.3) is 5.57 Å². The average Bonchev–Trinajstić information content (AvgIpc) is 2.88. The van der Waals surface area contributed by atoms with E-state index in [1.807, 2.05) is 18.2 Å². The molecule has 0 unspecified atom stereocenters. The molecule has 0 atom stereocenters. The Morgan fingerprint density at radius 1 is 0.912 bits per heavy atom. The number of halogens is 1. The molecule has 1 aliphatic rings. The van der Waals surface area contributed by atoms with Gasteiger partial charge in [-0.15, -0.1) is 0 Å². The van der Waals surface area contributed by atoms with Crippen molar-refractivity contribution in [3.63, 3.8) is 0 Å². The van der Waals surface area contributed by atoms with Crippen molar-refractivity contribution in [2.75, 3.05) is 31.1 Å². The molecule has 0 bridgehead atoms. The van der Waals surface area contributed by atoms with Gasteiger partial charge in [-0.05, 0) is 60.9 Å². The van der Waals surface area contributed by atoms with Crippen LogP contribution in [0, 0.1) is 22.7 Å². The summed E-state index contributed by atoms with van der Waals surface area (Å²) >= 11 is 6.64. The topological polar surface area (TPSA) is 53.8 Å². The molecule has 0 amide bonds. The summed E-state index contributed by atoms with van der Waals surface area (Å²) < 4.78 is 2.21. The van der Waals surface area contributed by atoms with Crippen LogP contribution >= 0.6 is 11.6 Å². The van der Waals surface area contributed by atoms with Gasteiger partial charge in [0, 0.05) is 41.5 Å². The lowest BCUT2D eigenvalue weighted by Crippen LogP contribution is -2.23. The van der Waals surface area contributed by atoms with Gasteiger partial charge in [-0.3, -0.25) is 0 Å². The minimum atomic E-state index is 0.502. The fraction of sp³-hybridized carbons (Fsp3) is 0.276. The van der Waals surface area contributed by atoms with E-state index in [0.29, 0.717) is 31.0 Å². The molecule has 0 saturated heterocycles. The molecule has 4 nitrogen and oxygen atoms in total. The van der Waals surface area contributed by atoms with Crippen molar-refractivity contribution in [1.29, 1.82) is 10.5 Å². The van der Waals surface area contributed by atoms with Gasteiger partial charge < -0.3 is 4.90 Å². The number of benzene rings is 2. The average molecular weight is 470 g/mol. The third kappa shape index (κ3) is 6.04. The molecule has 34 heavy (non-hydrogen) atoms. The highest BCUT2D eigenvalue weighted by atomic mass is 35.5. The van der Waals surface area contributed by atoms with Crippen LogP contribution in [0.5, 0.6) is 0 Å². The zero-order valence-electron chi connectivity index (χ0n) is 19.8. The van der Waals surface area contributed by atoms with Crippen LogP contribution in [0.1, 0.15) is 37.8 Å². The summed E-state index contributed by atoms with van der Waals surface area (Å²) in [4.78, 5) is 2.21. The van der Waals surface area contributed by atoms with Crippen molar-refractivity contribution < 1.29 is 4.58 Å². The Kier molecular flexibility index (Phi) is 9.27. The summed E-state index contributed by atoms with van der Waals surface area (Å²) in [5.41, 5.74) is 6.43. The first-order chi connectivity index (χ1) is 16.6. The maximum absolute atomic E-state index is 8.95. The summed E-state index contributed by atoms with van der Waals surface area (Å²) in [6.45, 7) is 7.34. The summed E-state index contributed by atoms with van der Waals surface area (Å²) in [5.74, 6) is 0. The van der Waals surface area contributed by atoms with Crippen molar-refractivity contribution in [1.82, 2.24) is 0 Å². The van der Waals surface area contributed by atoms with Crippen LogP contribution < -0.4 is 4.90 Å². The van der Waals surface area contributed by atoms with Crippen LogP contribution in [-0.2, 0) is 0 Å². The lowest BCUT2D eigenvalue weighted by molar-refractivity contribution is -0.521. The Hall–Kier alpha value is -3.60. The number of hydrogen-bond donors (Lipinski definition) is 0. The standard InChI is InChI=1S/C29H30ClN4/c1-3-33(21-7-19-31)25-15-11-23(12-16-25)29(27-9-5-6-10-28(27)30)24-13-17-26(18-14-24)34(4-2)22-8-20-32/h5-6,9-18H,3-4,7-8,21-22H2,1-2H3/q+1. The fourth-order valence-electron chi connectivity index (χ4n) is 4.13. The molecule has 172 valence electrons. The van der Waals surface area contributed by atoms with E-state index in [1.165, 1.54) is 0 Å². The predicted molar refractivity (Wildman–Crippen MR) is 141 cm³/mol. The zero-order chi connectivity index (χ0) is 24.3. The SMILES string of the molecule is CCN(CCC#N)c1ccc(C(=C2C=CC(=[N+](CC)CCC#N)C=C2)c2ccccc2Cl)cc1. The summed E-state index contributed by atoms with van der Waals surface area (Å²) in [5, 5.41) is 18.6. The van der Waals surface area contributed by atoms with Crippen molar-refractivity contribution >= 4 is 28.6 Å². The number of allylic oxidation sites excluding steroid dienone is 5. The molecule has 0 aliphatic heterocycles. The highest BCUT2D eigenvalue weighted by molar-refractivity contribution is 6.32. The molecule has 2 aromatic rings. The van der Waals surface area contributed by atoms with Gasteiger partial charge in [-0.2, -0.15) is 10.5 Å². The molecule has 0 aromatic heterocycles. The van der Waals surface area contributed by atoms with E-state index in [0.717, 1.165) is 46.8 Å². The first kappa shape index (κ1) is 25.0. The van der Waals surface area contributed by atoms with E-state index in [-0.39, 0.29) is 0 Å². The molecule has 0 saturated carbocycles. The Bertz CT molecular complexity index is 1190. The molecule has 1 aliphatic carbocycles. The third-order valence-corrected chi connectivity index (χ3v) is 6.27.